The van der Waals surface area contributed by atoms with Crippen molar-refractivity contribution in [3.8, 4) is 11.5 Å². The number of aliphatic hydroxyl groups excluding tert-OH is 1. The molecule has 0 unspecified atom stereocenters. The minimum Gasteiger partial charge on any atom is -0.455 e. The van der Waals surface area contributed by atoms with E-state index in [1.54, 1.807) is 32.3 Å². The SMILES string of the molecule is CN(C)C(=O)c1ccc(Oc2ccc(N=O)cc2CO)cn1. The van der Waals surface area contributed by atoms with Crippen LogP contribution in [0.25, 0.3) is 0 Å². The Hall–Kier alpha value is -2.80. The smallest absolute Gasteiger partial charge is 0.271 e. The van der Waals surface area contributed by atoms with E-state index in [1.165, 1.54) is 23.2 Å². The maximum Gasteiger partial charge on any atom is 0.271 e. The van der Waals surface area contributed by atoms with Crippen LogP contribution in [0.15, 0.2) is 41.7 Å². The molecule has 7 heteroatoms. The third-order valence-corrected chi connectivity index (χ3v) is 2.91. The first-order chi connectivity index (χ1) is 10.5. The molecule has 114 valence electrons. The predicted octanol–water partition coefficient (Wildman–Crippen LogP) is 2.47. The first kappa shape index (κ1) is 15.6. The van der Waals surface area contributed by atoms with Crippen molar-refractivity contribution in [1.29, 1.82) is 0 Å². The molecular formula is C15H15N3O4. The van der Waals surface area contributed by atoms with E-state index in [0.717, 1.165) is 0 Å². The maximum absolute atomic E-state index is 11.7. The normalized spacial score (nSPS) is 10.1. The predicted molar refractivity (Wildman–Crippen MR) is 80.1 cm³/mol. The molecule has 0 fully saturated rings. The Bertz CT molecular complexity index is 684. The molecule has 0 bridgehead atoms. The molecule has 22 heavy (non-hydrogen) atoms. The molecule has 0 saturated carbocycles. The zero-order valence-electron chi connectivity index (χ0n) is 12.2. The van der Waals surface area contributed by atoms with E-state index in [0.29, 0.717) is 22.8 Å². The van der Waals surface area contributed by atoms with Crippen LogP contribution in [0.2, 0.25) is 0 Å². The molecule has 1 aromatic heterocycles. The van der Waals surface area contributed by atoms with Gasteiger partial charge in [-0.3, -0.25) is 4.79 Å². The number of benzene rings is 1. The van der Waals surface area contributed by atoms with Gasteiger partial charge in [-0.25, -0.2) is 4.98 Å². The highest BCUT2D eigenvalue weighted by Crippen LogP contribution is 2.28. The van der Waals surface area contributed by atoms with Crippen LogP contribution in [0.4, 0.5) is 5.69 Å². The topological polar surface area (TPSA) is 92.1 Å². The second kappa shape index (κ2) is 6.77. The number of aromatic nitrogens is 1. The van der Waals surface area contributed by atoms with Gasteiger partial charge in [0, 0.05) is 19.7 Å². The number of amides is 1. The molecule has 0 saturated heterocycles. The number of nitrogens with zero attached hydrogens (tertiary/aromatic N) is 3. The standard InChI is InChI=1S/C15H15N3O4/c1-18(2)15(20)13-5-4-12(8-16-13)22-14-6-3-11(17-21)7-10(14)9-19/h3-8,19H,9H2,1-2H3. The molecule has 7 nitrogen and oxygen atoms in total. The Balaban J connectivity index is 2.21. The van der Waals surface area contributed by atoms with E-state index >= 15 is 0 Å². The Morgan fingerprint density at radius 1 is 1.32 bits per heavy atom. The van der Waals surface area contributed by atoms with Crippen molar-refractivity contribution < 1.29 is 14.6 Å². The van der Waals surface area contributed by atoms with Crippen molar-refractivity contribution in [2.24, 2.45) is 5.18 Å². The highest BCUT2D eigenvalue weighted by atomic mass is 16.5. The number of carbonyl (C=O) groups excluding carboxylic acids is 1. The Kier molecular flexibility index (Phi) is 4.80. The number of ether oxygens (including phenoxy) is 1. The molecular weight excluding hydrogens is 286 g/mol. The summed E-state index contributed by atoms with van der Waals surface area (Å²) in [6.45, 7) is -0.288. The quantitative estimate of drug-likeness (QED) is 0.856. The van der Waals surface area contributed by atoms with Crippen LogP contribution in [0, 0.1) is 4.91 Å². The molecule has 1 aromatic carbocycles. The van der Waals surface area contributed by atoms with E-state index in [-0.39, 0.29) is 18.2 Å². The highest BCUT2D eigenvalue weighted by Gasteiger charge is 2.11. The van der Waals surface area contributed by atoms with E-state index in [9.17, 15) is 14.8 Å². The van der Waals surface area contributed by atoms with Crippen LogP contribution in [-0.4, -0.2) is 35.0 Å². The molecule has 1 amide bonds. The van der Waals surface area contributed by atoms with Crippen molar-refractivity contribution in [3.05, 3.63) is 52.7 Å². The lowest BCUT2D eigenvalue weighted by Crippen LogP contribution is -2.22. The summed E-state index contributed by atoms with van der Waals surface area (Å²) < 4.78 is 5.60. The van der Waals surface area contributed by atoms with Crippen LogP contribution >= 0.6 is 0 Å². The fraction of sp³-hybridized carbons (Fsp3) is 0.200. The highest BCUT2D eigenvalue weighted by molar-refractivity contribution is 5.91. The molecule has 0 radical (unpaired) electrons. The van der Waals surface area contributed by atoms with Gasteiger partial charge in [-0.05, 0) is 35.5 Å². The Morgan fingerprint density at radius 2 is 2.09 bits per heavy atom. The molecule has 2 aromatic rings. The molecule has 2 rings (SSSR count). The van der Waals surface area contributed by atoms with Crippen LogP contribution in [-0.2, 0) is 6.61 Å². The number of hydrogen-bond acceptors (Lipinski definition) is 6. The van der Waals surface area contributed by atoms with Crippen molar-refractivity contribution in [1.82, 2.24) is 9.88 Å². The van der Waals surface area contributed by atoms with Crippen LogP contribution in [0.5, 0.6) is 11.5 Å². The van der Waals surface area contributed by atoms with E-state index < -0.39 is 0 Å². The second-order valence-electron chi connectivity index (χ2n) is 4.72. The average Bonchev–Trinajstić information content (AvgIpc) is 2.55. The molecule has 0 spiro atoms. The largest absolute Gasteiger partial charge is 0.455 e. The average molecular weight is 301 g/mol. The second-order valence-corrected chi connectivity index (χ2v) is 4.72. The summed E-state index contributed by atoms with van der Waals surface area (Å²) in [7, 11) is 3.29. The van der Waals surface area contributed by atoms with Crippen LogP contribution in [0.1, 0.15) is 16.1 Å². The van der Waals surface area contributed by atoms with E-state index in [2.05, 4.69) is 10.2 Å². The summed E-state index contributed by atoms with van der Waals surface area (Å²) in [6, 6.07) is 7.63. The summed E-state index contributed by atoms with van der Waals surface area (Å²) in [4.78, 5) is 27.7. The minimum atomic E-state index is -0.288. The first-order valence-electron chi connectivity index (χ1n) is 6.48. The minimum absolute atomic E-state index is 0.205. The Labute approximate surface area is 127 Å². The van der Waals surface area contributed by atoms with Gasteiger partial charge >= 0.3 is 0 Å². The monoisotopic (exact) mass is 301 g/mol. The van der Waals surface area contributed by atoms with Crippen LogP contribution in [0.3, 0.4) is 0 Å². The van der Waals surface area contributed by atoms with Gasteiger partial charge in [0.2, 0.25) is 0 Å². The van der Waals surface area contributed by atoms with Crippen molar-refractivity contribution in [2.75, 3.05) is 14.1 Å². The summed E-state index contributed by atoms with van der Waals surface area (Å²) in [5, 5.41) is 12.1. The zero-order chi connectivity index (χ0) is 16.1. The van der Waals surface area contributed by atoms with Crippen molar-refractivity contribution in [2.45, 2.75) is 6.61 Å². The van der Waals surface area contributed by atoms with Gasteiger partial charge < -0.3 is 14.7 Å². The summed E-state index contributed by atoms with van der Waals surface area (Å²) in [5.74, 6) is 0.601. The number of aliphatic hydroxyl groups is 1. The van der Waals surface area contributed by atoms with Gasteiger partial charge in [-0.15, -0.1) is 4.91 Å². The fourth-order valence-corrected chi connectivity index (χ4v) is 1.77. The third kappa shape index (κ3) is 3.44. The summed E-state index contributed by atoms with van der Waals surface area (Å²) >= 11 is 0. The molecule has 0 aliphatic carbocycles. The van der Waals surface area contributed by atoms with Crippen molar-refractivity contribution >= 4 is 11.6 Å². The van der Waals surface area contributed by atoms with E-state index in [4.69, 9.17) is 4.74 Å². The number of carbonyl (C=O) groups is 1. The van der Waals surface area contributed by atoms with E-state index in [1.807, 2.05) is 0 Å². The van der Waals surface area contributed by atoms with Gasteiger partial charge in [0.15, 0.2) is 0 Å². The number of hydrogen-bond donors (Lipinski definition) is 1. The molecule has 0 atom stereocenters. The summed E-state index contributed by atoms with van der Waals surface area (Å²) in [5.41, 5.74) is 0.951. The van der Waals surface area contributed by atoms with Gasteiger partial charge in [0.25, 0.3) is 5.91 Å². The molecule has 0 aliphatic heterocycles. The van der Waals surface area contributed by atoms with Gasteiger partial charge in [0.05, 0.1) is 12.8 Å². The number of pyridine rings is 1. The lowest BCUT2D eigenvalue weighted by molar-refractivity contribution is 0.0822. The van der Waals surface area contributed by atoms with Gasteiger partial charge in [-0.2, -0.15) is 0 Å². The molecule has 0 aliphatic rings. The molecule has 1 N–H and O–H groups in total. The number of nitroso groups, excluding NO2 is 1. The maximum atomic E-state index is 11.7. The van der Waals surface area contributed by atoms with Crippen molar-refractivity contribution in [3.63, 3.8) is 0 Å². The fourth-order valence-electron chi connectivity index (χ4n) is 1.77. The lowest BCUT2D eigenvalue weighted by atomic mass is 10.2. The summed E-state index contributed by atoms with van der Waals surface area (Å²) in [6.07, 6.45) is 1.42. The van der Waals surface area contributed by atoms with Gasteiger partial charge in [0.1, 0.15) is 22.9 Å². The lowest BCUT2D eigenvalue weighted by Gasteiger charge is -2.11. The van der Waals surface area contributed by atoms with Gasteiger partial charge in [-0.1, -0.05) is 0 Å². The Morgan fingerprint density at radius 3 is 2.64 bits per heavy atom. The number of rotatable bonds is 5. The first-order valence-corrected chi connectivity index (χ1v) is 6.48. The molecule has 1 heterocycles. The van der Waals surface area contributed by atoms with Crippen LogP contribution < -0.4 is 4.74 Å². The third-order valence-electron chi connectivity index (χ3n) is 2.91. The zero-order valence-corrected chi connectivity index (χ0v) is 12.2.